The van der Waals surface area contributed by atoms with E-state index in [-0.39, 0.29) is 16.6 Å². The van der Waals surface area contributed by atoms with Crippen molar-refractivity contribution in [3.63, 3.8) is 0 Å². The zero-order chi connectivity index (χ0) is 22.2. The molecule has 2 aromatic carbocycles. The third kappa shape index (κ3) is 5.35. The summed E-state index contributed by atoms with van der Waals surface area (Å²) in [7, 11) is 0. The Labute approximate surface area is 179 Å². The van der Waals surface area contributed by atoms with Crippen LogP contribution in [0.15, 0.2) is 36.4 Å². The predicted molar refractivity (Wildman–Crippen MR) is 130 cm³/mol. The Hall–Kier alpha value is -1.96. The van der Waals surface area contributed by atoms with E-state index in [0.717, 1.165) is 6.42 Å². The van der Waals surface area contributed by atoms with E-state index in [4.69, 9.17) is 0 Å². The summed E-state index contributed by atoms with van der Waals surface area (Å²) in [5.41, 5.74) is 7.84. The molecule has 2 rings (SSSR count). The highest BCUT2D eigenvalue weighted by atomic mass is 15.3. The van der Waals surface area contributed by atoms with Gasteiger partial charge in [-0.1, -0.05) is 36.4 Å². The van der Waals surface area contributed by atoms with Crippen molar-refractivity contribution in [1.82, 2.24) is 0 Å². The first-order valence-electron chi connectivity index (χ1n) is 10.9. The van der Waals surface area contributed by atoms with Crippen LogP contribution in [0.4, 0.5) is 11.4 Å². The maximum absolute atomic E-state index is 3.87. The first-order chi connectivity index (χ1) is 13.2. The lowest BCUT2D eigenvalue weighted by Gasteiger charge is -2.52. The second-order valence-corrected chi connectivity index (χ2v) is 11.0. The standard InChI is InChI=1S/C27H42N2/c1-19-14-12-15-20(2)23(19)28-26(8,9)18-27(10,11)29(25(5,6)7)24-21(3)16-13-17-22(24)4/h12-17,28H,18H2,1-11H3. The van der Waals surface area contributed by atoms with Gasteiger partial charge in [-0.2, -0.15) is 0 Å². The van der Waals surface area contributed by atoms with Crippen LogP contribution in [0.3, 0.4) is 0 Å². The Kier molecular flexibility index (Phi) is 6.47. The van der Waals surface area contributed by atoms with Crippen LogP contribution in [0.5, 0.6) is 0 Å². The van der Waals surface area contributed by atoms with Crippen molar-refractivity contribution in [1.29, 1.82) is 0 Å². The lowest BCUT2D eigenvalue weighted by atomic mass is 9.81. The molecule has 0 aromatic heterocycles. The largest absolute Gasteiger partial charge is 0.380 e. The number of hydrogen-bond donors (Lipinski definition) is 1. The molecule has 0 radical (unpaired) electrons. The summed E-state index contributed by atoms with van der Waals surface area (Å²) in [6.07, 6.45) is 1.01. The molecule has 0 aliphatic rings. The van der Waals surface area contributed by atoms with Gasteiger partial charge in [-0.15, -0.1) is 0 Å². The zero-order valence-corrected chi connectivity index (χ0v) is 20.6. The molecule has 0 saturated carbocycles. The van der Waals surface area contributed by atoms with Crippen molar-refractivity contribution in [3.8, 4) is 0 Å². The Morgan fingerprint density at radius 1 is 0.690 bits per heavy atom. The van der Waals surface area contributed by atoms with Crippen LogP contribution in [-0.4, -0.2) is 16.6 Å². The number of rotatable bonds is 6. The molecule has 0 heterocycles. The highest BCUT2D eigenvalue weighted by molar-refractivity contribution is 5.62. The van der Waals surface area contributed by atoms with Crippen molar-refractivity contribution in [2.45, 2.75) is 99.2 Å². The maximum Gasteiger partial charge on any atom is 0.0434 e. The predicted octanol–water partition coefficient (Wildman–Crippen LogP) is 7.58. The van der Waals surface area contributed by atoms with E-state index in [1.807, 2.05) is 0 Å². The van der Waals surface area contributed by atoms with E-state index in [0.29, 0.717) is 0 Å². The van der Waals surface area contributed by atoms with Gasteiger partial charge < -0.3 is 10.2 Å². The average molecular weight is 395 g/mol. The Bertz CT molecular complexity index is 813. The second kappa shape index (κ2) is 8.05. The summed E-state index contributed by atoms with van der Waals surface area (Å²) >= 11 is 0. The molecule has 0 aliphatic heterocycles. The van der Waals surface area contributed by atoms with Gasteiger partial charge in [0, 0.05) is 28.0 Å². The minimum Gasteiger partial charge on any atom is -0.380 e. The molecule has 2 heteroatoms. The topological polar surface area (TPSA) is 15.3 Å². The Morgan fingerprint density at radius 2 is 1.10 bits per heavy atom. The fraction of sp³-hybridized carbons (Fsp3) is 0.556. The fourth-order valence-electron chi connectivity index (χ4n) is 5.26. The van der Waals surface area contributed by atoms with Crippen LogP contribution in [0, 0.1) is 27.7 Å². The number of hydrogen-bond acceptors (Lipinski definition) is 2. The van der Waals surface area contributed by atoms with Gasteiger partial charge in [-0.05, 0) is 105 Å². The van der Waals surface area contributed by atoms with Gasteiger partial charge in [-0.3, -0.25) is 0 Å². The molecule has 160 valence electrons. The van der Waals surface area contributed by atoms with Crippen LogP contribution in [0.25, 0.3) is 0 Å². The third-order valence-electron chi connectivity index (χ3n) is 5.76. The fourth-order valence-corrected chi connectivity index (χ4v) is 5.26. The first-order valence-corrected chi connectivity index (χ1v) is 10.9. The van der Waals surface area contributed by atoms with Crippen molar-refractivity contribution >= 4 is 11.4 Å². The molecule has 29 heavy (non-hydrogen) atoms. The SMILES string of the molecule is Cc1cccc(C)c1NC(C)(C)CC(C)(C)N(c1c(C)cccc1C)C(C)(C)C. The number of nitrogens with one attached hydrogen (secondary N) is 1. The van der Waals surface area contributed by atoms with Gasteiger partial charge in [-0.25, -0.2) is 0 Å². The third-order valence-corrected chi connectivity index (χ3v) is 5.76. The molecule has 0 saturated heterocycles. The minimum absolute atomic E-state index is 0.00896. The van der Waals surface area contributed by atoms with Crippen LogP contribution >= 0.6 is 0 Å². The molecular weight excluding hydrogens is 352 g/mol. The summed E-state index contributed by atoms with van der Waals surface area (Å²) in [5, 5.41) is 3.87. The van der Waals surface area contributed by atoms with Crippen LogP contribution in [-0.2, 0) is 0 Å². The van der Waals surface area contributed by atoms with Crippen LogP contribution in [0.2, 0.25) is 0 Å². The van der Waals surface area contributed by atoms with E-state index in [1.165, 1.54) is 33.6 Å². The van der Waals surface area contributed by atoms with Gasteiger partial charge in [0.15, 0.2) is 0 Å². The normalized spacial score (nSPS) is 12.8. The van der Waals surface area contributed by atoms with Crippen molar-refractivity contribution in [2.75, 3.05) is 10.2 Å². The quantitative estimate of drug-likeness (QED) is 0.543. The smallest absolute Gasteiger partial charge is 0.0434 e. The Morgan fingerprint density at radius 3 is 1.52 bits per heavy atom. The van der Waals surface area contributed by atoms with Crippen molar-refractivity contribution in [2.24, 2.45) is 0 Å². The number of nitrogens with zero attached hydrogens (tertiary/aromatic N) is 1. The van der Waals surface area contributed by atoms with Crippen molar-refractivity contribution < 1.29 is 0 Å². The lowest BCUT2D eigenvalue weighted by molar-refractivity contribution is 0.295. The second-order valence-electron chi connectivity index (χ2n) is 11.0. The molecule has 1 N–H and O–H groups in total. The first kappa shape index (κ1) is 23.3. The van der Waals surface area contributed by atoms with E-state index in [9.17, 15) is 0 Å². The Balaban J connectivity index is 2.44. The molecule has 2 nitrogen and oxygen atoms in total. The molecule has 2 aromatic rings. The summed E-state index contributed by atoms with van der Waals surface area (Å²) in [6, 6.07) is 13.1. The molecule has 0 bridgehead atoms. The summed E-state index contributed by atoms with van der Waals surface area (Å²) < 4.78 is 0. The van der Waals surface area contributed by atoms with Gasteiger partial charge in [0.1, 0.15) is 0 Å². The van der Waals surface area contributed by atoms with Crippen LogP contribution in [0.1, 0.15) is 77.1 Å². The van der Waals surface area contributed by atoms with Gasteiger partial charge in [0.05, 0.1) is 0 Å². The van der Waals surface area contributed by atoms with E-state index >= 15 is 0 Å². The minimum atomic E-state index is -0.0551. The van der Waals surface area contributed by atoms with E-state index in [2.05, 4.69) is 123 Å². The highest BCUT2D eigenvalue weighted by Crippen LogP contribution is 2.40. The molecule has 0 fully saturated rings. The van der Waals surface area contributed by atoms with E-state index < -0.39 is 0 Å². The highest BCUT2D eigenvalue weighted by Gasteiger charge is 2.40. The van der Waals surface area contributed by atoms with E-state index in [1.54, 1.807) is 0 Å². The lowest BCUT2D eigenvalue weighted by Crippen LogP contribution is -2.58. The average Bonchev–Trinajstić information content (AvgIpc) is 2.52. The summed E-state index contributed by atoms with van der Waals surface area (Å²) in [4.78, 5) is 2.64. The van der Waals surface area contributed by atoms with Gasteiger partial charge >= 0.3 is 0 Å². The number of anilines is 2. The molecule has 0 atom stereocenters. The number of aryl methyl sites for hydroxylation is 4. The molecular formula is C27H42N2. The zero-order valence-electron chi connectivity index (χ0n) is 20.6. The molecule has 0 unspecified atom stereocenters. The summed E-state index contributed by atoms with van der Waals surface area (Å²) in [6.45, 7) is 25.2. The van der Waals surface area contributed by atoms with Gasteiger partial charge in [0.2, 0.25) is 0 Å². The number of benzene rings is 2. The molecule has 0 amide bonds. The number of para-hydroxylation sites is 2. The van der Waals surface area contributed by atoms with Crippen LogP contribution < -0.4 is 10.2 Å². The molecule has 0 aliphatic carbocycles. The van der Waals surface area contributed by atoms with Gasteiger partial charge in [0.25, 0.3) is 0 Å². The maximum atomic E-state index is 3.87. The monoisotopic (exact) mass is 394 g/mol. The summed E-state index contributed by atoms with van der Waals surface area (Å²) in [5.74, 6) is 0. The molecule has 0 spiro atoms. The van der Waals surface area contributed by atoms with Crippen molar-refractivity contribution in [3.05, 3.63) is 58.7 Å².